The number of likely N-dealkylation sites (tertiary alicyclic amines) is 1. The van der Waals surface area contributed by atoms with E-state index in [1.807, 2.05) is 54.6 Å². The average molecular weight is 360 g/mol. The van der Waals surface area contributed by atoms with Crippen molar-refractivity contribution in [3.05, 3.63) is 78.1 Å². The maximum Gasteiger partial charge on any atom is 0.329 e. The van der Waals surface area contributed by atoms with Crippen LogP contribution in [0.15, 0.2) is 66.9 Å². The van der Waals surface area contributed by atoms with E-state index in [0.717, 1.165) is 22.8 Å². The predicted molar refractivity (Wildman–Crippen MR) is 102 cm³/mol. The van der Waals surface area contributed by atoms with Crippen molar-refractivity contribution in [1.29, 1.82) is 0 Å². The molecule has 0 saturated carbocycles. The van der Waals surface area contributed by atoms with Crippen molar-refractivity contribution in [3.8, 4) is 0 Å². The molecule has 5 heteroatoms. The molecular weight excluding hydrogens is 340 g/mol. The minimum absolute atomic E-state index is 0.215. The van der Waals surface area contributed by atoms with Crippen LogP contribution in [0.4, 0.5) is 0 Å². The van der Waals surface area contributed by atoms with Crippen LogP contribution < -0.4 is 0 Å². The molecule has 0 radical (unpaired) electrons. The first kappa shape index (κ1) is 17.2. The molecule has 0 spiro atoms. The molecule has 1 saturated heterocycles. The third kappa shape index (κ3) is 3.67. The number of hydrogen-bond acceptors (Lipinski definition) is 4. The van der Waals surface area contributed by atoms with E-state index in [2.05, 4.69) is 4.98 Å². The summed E-state index contributed by atoms with van der Waals surface area (Å²) in [5.41, 5.74) is 1.29. The Labute approximate surface area is 157 Å². The minimum Gasteiger partial charge on any atom is -0.459 e. The van der Waals surface area contributed by atoms with Gasteiger partial charge in [-0.15, -0.1) is 0 Å². The molecule has 1 atom stereocenters. The van der Waals surface area contributed by atoms with Crippen LogP contribution in [0.5, 0.6) is 0 Å². The van der Waals surface area contributed by atoms with E-state index in [0.29, 0.717) is 18.7 Å². The summed E-state index contributed by atoms with van der Waals surface area (Å²) in [4.78, 5) is 31.4. The Bertz CT molecular complexity index is 971. The van der Waals surface area contributed by atoms with Crippen molar-refractivity contribution in [3.63, 3.8) is 0 Å². The highest BCUT2D eigenvalue weighted by Gasteiger charge is 2.36. The number of fused-ring (bicyclic) bond motifs is 1. The Kier molecular flexibility index (Phi) is 4.83. The lowest BCUT2D eigenvalue weighted by Gasteiger charge is -2.23. The molecular formula is C22H20N2O3. The molecule has 1 aliphatic heterocycles. The fraction of sp³-hybridized carbons (Fsp3) is 0.227. The number of amides is 1. The lowest BCUT2D eigenvalue weighted by Crippen LogP contribution is -2.41. The monoisotopic (exact) mass is 360 g/mol. The van der Waals surface area contributed by atoms with Crippen molar-refractivity contribution in [1.82, 2.24) is 9.88 Å². The molecule has 0 bridgehead atoms. The number of esters is 1. The maximum atomic E-state index is 12.9. The van der Waals surface area contributed by atoms with E-state index in [9.17, 15) is 9.59 Å². The van der Waals surface area contributed by atoms with Crippen molar-refractivity contribution < 1.29 is 14.3 Å². The van der Waals surface area contributed by atoms with Crippen molar-refractivity contribution in [2.75, 3.05) is 6.54 Å². The van der Waals surface area contributed by atoms with Crippen molar-refractivity contribution in [2.45, 2.75) is 25.5 Å². The molecule has 0 unspecified atom stereocenters. The Hall–Kier alpha value is -3.21. The first-order valence-electron chi connectivity index (χ1n) is 9.09. The minimum atomic E-state index is -0.547. The highest BCUT2D eigenvalue weighted by atomic mass is 16.5. The lowest BCUT2D eigenvalue weighted by molar-refractivity contribution is -0.149. The number of ether oxygens (including phenoxy) is 1. The van der Waals surface area contributed by atoms with Crippen LogP contribution >= 0.6 is 0 Å². The topological polar surface area (TPSA) is 59.5 Å². The molecule has 1 aromatic heterocycles. The predicted octanol–water partition coefficient (Wildman–Crippen LogP) is 3.58. The SMILES string of the molecule is O=C(OCc1ccccc1)[C@@H]1CCCN1C(=O)c1cc2ccccc2cn1. The maximum absolute atomic E-state index is 12.9. The van der Waals surface area contributed by atoms with Crippen molar-refractivity contribution >= 4 is 22.6 Å². The summed E-state index contributed by atoms with van der Waals surface area (Å²) in [6, 6.07) is 18.5. The number of benzene rings is 2. The van der Waals surface area contributed by atoms with Gasteiger partial charge in [0, 0.05) is 18.1 Å². The van der Waals surface area contributed by atoms with Crippen LogP contribution in [0.25, 0.3) is 10.8 Å². The molecule has 0 N–H and O–H groups in total. The summed E-state index contributed by atoms with van der Waals surface area (Å²) in [5, 5.41) is 1.94. The lowest BCUT2D eigenvalue weighted by atomic mass is 10.1. The quantitative estimate of drug-likeness (QED) is 0.667. The molecule has 1 amide bonds. The largest absolute Gasteiger partial charge is 0.459 e. The van der Waals surface area contributed by atoms with E-state index < -0.39 is 6.04 Å². The third-order valence-corrected chi connectivity index (χ3v) is 4.86. The van der Waals surface area contributed by atoms with E-state index in [4.69, 9.17) is 4.74 Å². The second kappa shape index (κ2) is 7.58. The van der Waals surface area contributed by atoms with Gasteiger partial charge in [0.2, 0.25) is 0 Å². The summed E-state index contributed by atoms with van der Waals surface area (Å²) >= 11 is 0. The smallest absolute Gasteiger partial charge is 0.329 e. The van der Waals surface area contributed by atoms with E-state index in [1.54, 1.807) is 17.2 Å². The third-order valence-electron chi connectivity index (χ3n) is 4.86. The Morgan fingerprint density at radius 3 is 2.59 bits per heavy atom. The molecule has 4 rings (SSSR count). The summed E-state index contributed by atoms with van der Waals surface area (Å²) in [6.07, 6.45) is 3.10. The standard InChI is InChI=1S/C22H20N2O3/c25-21(19-13-17-9-4-5-10-18(17)14-23-19)24-12-6-11-20(24)22(26)27-15-16-7-2-1-3-8-16/h1-5,7-10,13-14,20H,6,11-12,15H2/t20-/m0/s1. The highest BCUT2D eigenvalue weighted by Crippen LogP contribution is 2.22. The van der Waals surface area contributed by atoms with Gasteiger partial charge in [0.05, 0.1) is 0 Å². The Morgan fingerprint density at radius 2 is 1.78 bits per heavy atom. The number of carbonyl (C=O) groups is 2. The zero-order chi connectivity index (χ0) is 18.6. The Morgan fingerprint density at radius 1 is 1.04 bits per heavy atom. The number of nitrogens with zero attached hydrogens (tertiary/aromatic N) is 2. The molecule has 1 fully saturated rings. The van der Waals surface area contributed by atoms with Gasteiger partial charge < -0.3 is 9.64 Å². The zero-order valence-electron chi connectivity index (χ0n) is 14.9. The molecule has 2 heterocycles. The molecule has 136 valence electrons. The normalized spacial score (nSPS) is 16.4. The summed E-state index contributed by atoms with van der Waals surface area (Å²) in [5.74, 6) is -0.578. The van der Waals surface area contributed by atoms with Gasteiger partial charge in [-0.2, -0.15) is 0 Å². The van der Waals surface area contributed by atoms with Gasteiger partial charge in [0.1, 0.15) is 18.3 Å². The number of rotatable bonds is 4. The van der Waals surface area contributed by atoms with E-state index in [1.165, 1.54) is 0 Å². The molecule has 27 heavy (non-hydrogen) atoms. The first-order valence-corrected chi connectivity index (χ1v) is 9.09. The molecule has 2 aromatic carbocycles. The van der Waals surface area contributed by atoms with Gasteiger partial charge in [-0.05, 0) is 29.9 Å². The summed E-state index contributed by atoms with van der Waals surface area (Å²) < 4.78 is 5.45. The zero-order valence-corrected chi connectivity index (χ0v) is 14.9. The molecule has 5 nitrogen and oxygen atoms in total. The molecule has 3 aromatic rings. The van der Waals surface area contributed by atoms with E-state index >= 15 is 0 Å². The highest BCUT2D eigenvalue weighted by molar-refractivity contribution is 5.98. The second-order valence-electron chi connectivity index (χ2n) is 6.67. The number of aromatic nitrogens is 1. The van der Waals surface area contributed by atoms with Crippen LogP contribution in [-0.2, 0) is 16.1 Å². The van der Waals surface area contributed by atoms with E-state index in [-0.39, 0.29) is 18.5 Å². The summed E-state index contributed by atoms with van der Waals surface area (Å²) in [6.45, 7) is 0.755. The van der Waals surface area contributed by atoms with Gasteiger partial charge >= 0.3 is 5.97 Å². The van der Waals surface area contributed by atoms with Gasteiger partial charge in [-0.1, -0.05) is 54.6 Å². The summed E-state index contributed by atoms with van der Waals surface area (Å²) in [7, 11) is 0. The van der Waals surface area contributed by atoms with Gasteiger partial charge in [0.25, 0.3) is 5.91 Å². The van der Waals surface area contributed by atoms with Crippen LogP contribution in [0.3, 0.4) is 0 Å². The molecule has 1 aliphatic rings. The van der Waals surface area contributed by atoms with Crippen LogP contribution in [-0.4, -0.2) is 34.3 Å². The number of carbonyl (C=O) groups excluding carboxylic acids is 2. The van der Waals surface area contributed by atoms with Crippen LogP contribution in [0, 0.1) is 0 Å². The molecule has 0 aliphatic carbocycles. The second-order valence-corrected chi connectivity index (χ2v) is 6.67. The van der Waals surface area contributed by atoms with Crippen LogP contribution in [0.1, 0.15) is 28.9 Å². The van der Waals surface area contributed by atoms with Crippen LogP contribution in [0.2, 0.25) is 0 Å². The van der Waals surface area contributed by atoms with Gasteiger partial charge in [-0.25, -0.2) is 4.79 Å². The first-order chi connectivity index (χ1) is 13.2. The average Bonchev–Trinajstić information content (AvgIpc) is 3.22. The Balaban J connectivity index is 1.48. The van der Waals surface area contributed by atoms with Gasteiger partial charge in [-0.3, -0.25) is 9.78 Å². The number of pyridine rings is 1. The van der Waals surface area contributed by atoms with Gasteiger partial charge in [0.15, 0.2) is 0 Å². The van der Waals surface area contributed by atoms with Crippen molar-refractivity contribution in [2.24, 2.45) is 0 Å². The fourth-order valence-corrected chi connectivity index (χ4v) is 3.43. The fourth-order valence-electron chi connectivity index (χ4n) is 3.43. The number of hydrogen-bond donors (Lipinski definition) is 0.